The smallest absolute Gasteiger partial charge is 0.328 e. The molecule has 0 fully saturated rings. The molecule has 0 spiro atoms. The number of amides is 2. The lowest BCUT2D eigenvalue weighted by molar-refractivity contribution is 0.246. The van der Waals surface area contributed by atoms with Gasteiger partial charge in [0.25, 0.3) is 10.0 Å². The zero-order valence-corrected chi connectivity index (χ0v) is 9.84. The third kappa shape index (κ3) is 3.31. The van der Waals surface area contributed by atoms with Crippen molar-refractivity contribution in [3.63, 3.8) is 0 Å². The van der Waals surface area contributed by atoms with Gasteiger partial charge in [0.2, 0.25) is 0 Å². The molecule has 0 aromatic heterocycles. The van der Waals surface area contributed by atoms with Crippen LogP contribution in [-0.2, 0) is 10.0 Å². The third-order valence-corrected chi connectivity index (χ3v) is 3.16. The largest absolute Gasteiger partial charge is 0.399 e. The molecule has 94 valence electrons. The lowest BCUT2D eigenvalue weighted by Crippen LogP contribution is -2.39. The molecule has 0 aliphatic heterocycles. The highest BCUT2D eigenvalue weighted by molar-refractivity contribution is 7.90. The fraction of sp³-hybridized carbons (Fsp3) is 0.222. The van der Waals surface area contributed by atoms with Crippen LogP contribution in [0.2, 0.25) is 0 Å². The molecule has 0 aliphatic rings. The van der Waals surface area contributed by atoms with Crippen LogP contribution < -0.4 is 15.8 Å². The number of anilines is 1. The summed E-state index contributed by atoms with van der Waals surface area (Å²) < 4.78 is 38.2. The normalized spacial score (nSPS) is 10.9. The molecule has 0 aliphatic carbocycles. The second-order valence-corrected chi connectivity index (χ2v) is 4.81. The van der Waals surface area contributed by atoms with Gasteiger partial charge < -0.3 is 11.1 Å². The van der Waals surface area contributed by atoms with Crippen molar-refractivity contribution in [3.05, 3.63) is 24.0 Å². The van der Waals surface area contributed by atoms with Gasteiger partial charge in [-0.25, -0.2) is 22.3 Å². The monoisotopic (exact) mass is 261 g/mol. The molecule has 1 rings (SSSR count). The Balaban J connectivity index is 3.05. The highest BCUT2D eigenvalue weighted by Gasteiger charge is 2.21. The maximum absolute atomic E-state index is 13.3. The van der Waals surface area contributed by atoms with E-state index in [4.69, 9.17) is 5.73 Å². The molecule has 0 saturated carbocycles. The summed E-state index contributed by atoms with van der Waals surface area (Å²) in [4.78, 5) is 10.4. The number of nitrogens with two attached hydrogens (primary N) is 1. The summed E-state index contributed by atoms with van der Waals surface area (Å²) in [7, 11) is -4.25. The Morgan fingerprint density at radius 3 is 2.71 bits per heavy atom. The van der Waals surface area contributed by atoms with Crippen LogP contribution in [0.15, 0.2) is 23.1 Å². The van der Waals surface area contributed by atoms with E-state index in [9.17, 15) is 17.6 Å². The van der Waals surface area contributed by atoms with Gasteiger partial charge in [0.1, 0.15) is 10.7 Å². The summed E-state index contributed by atoms with van der Waals surface area (Å²) in [6, 6.07) is 2.16. The topological polar surface area (TPSA) is 101 Å². The van der Waals surface area contributed by atoms with Gasteiger partial charge in [-0.2, -0.15) is 0 Å². The zero-order chi connectivity index (χ0) is 13.1. The summed E-state index contributed by atoms with van der Waals surface area (Å²) in [6.45, 7) is 1.87. The van der Waals surface area contributed by atoms with E-state index in [0.29, 0.717) is 0 Å². The highest BCUT2D eigenvalue weighted by atomic mass is 32.2. The number of benzene rings is 1. The number of sulfonamides is 1. The minimum Gasteiger partial charge on any atom is -0.399 e. The fourth-order valence-electron chi connectivity index (χ4n) is 1.10. The number of carbonyl (C=O) groups excluding carboxylic acids is 1. The summed E-state index contributed by atoms with van der Waals surface area (Å²) >= 11 is 0. The van der Waals surface area contributed by atoms with Crippen molar-refractivity contribution < 1.29 is 17.6 Å². The Morgan fingerprint density at radius 1 is 1.47 bits per heavy atom. The first-order valence-electron chi connectivity index (χ1n) is 4.72. The van der Waals surface area contributed by atoms with Gasteiger partial charge in [-0.3, -0.25) is 0 Å². The van der Waals surface area contributed by atoms with Gasteiger partial charge in [-0.1, -0.05) is 0 Å². The van der Waals surface area contributed by atoms with E-state index in [1.165, 1.54) is 6.07 Å². The summed E-state index contributed by atoms with van der Waals surface area (Å²) in [6.07, 6.45) is 0. The zero-order valence-electron chi connectivity index (χ0n) is 9.03. The number of nitrogens with one attached hydrogen (secondary N) is 2. The second kappa shape index (κ2) is 5.00. The van der Waals surface area contributed by atoms with Gasteiger partial charge in [-0.15, -0.1) is 0 Å². The van der Waals surface area contributed by atoms with E-state index in [2.05, 4.69) is 5.32 Å². The molecule has 6 nitrogen and oxygen atoms in total. The minimum atomic E-state index is -4.25. The number of carbonyl (C=O) groups is 1. The van der Waals surface area contributed by atoms with E-state index >= 15 is 0 Å². The molecule has 0 heterocycles. The van der Waals surface area contributed by atoms with Crippen LogP contribution >= 0.6 is 0 Å². The predicted molar refractivity (Wildman–Crippen MR) is 60.2 cm³/mol. The molecule has 0 bridgehead atoms. The first-order valence-corrected chi connectivity index (χ1v) is 6.21. The van der Waals surface area contributed by atoms with Crippen molar-refractivity contribution in [3.8, 4) is 0 Å². The summed E-state index contributed by atoms with van der Waals surface area (Å²) in [5, 5.41) is 2.22. The number of hydrogen-bond donors (Lipinski definition) is 3. The summed E-state index contributed by atoms with van der Waals surface area (Å²) in [5.74, 6) is -0.976. The molecular weight excluding hydrogens is 249 g/mol. The van der Waals surface area contributed by atoms with Crippen LogP contribution in [0.5, 0.6) is 0 Å². The molecule has 1 aromatic carbocycles. The minimum absolute atomic E-state index is 0.0858. The van der Waals surface area contributed by atoms with Crippen molar-refractivity contribution in [1.82, 2.24) is 10.0 Å². The van der Waals surface area contributed by atoms with Gasteiger partial charge in [0.05, 0.1) is 0 Å². The van der Waals surface area contributed by atoms with Gasteiger partial charge in [0, 0.05) is 12.2 Å². The Labute approximate surface area is 98.1 Å². The molecule has 0 unspecified atom stereocenters. The first-order chi connectivity index (χ1) is 7.86. The quantitative estimate of drug-likeness (QED) is 0.686. The van der Waals surface area contributed by atoms with Crippen LogP contribution in [0, 0.1) is 5.82 Å². The number of hydrogen-bond acceptors (Lipinski definition) is 4. The van der Waals surface area contributed by atoms with Crippen LogP contribution in [-0.4, -0.2) is 21.0 Å². The van der Waals surface area contributed by atoms with Crippen LogP contribution in [0.4, 0.5) is 14.9 Å². The Kier molecular flexibility index (Phi) is 3.89. The van der Waals surface area contributed by atoms with Crippen molar-refractivity contribution in [2.45, 2.75) is 11.8 Å². The SMILES string of the molecule is CCNC(=O)NS(=O)(=O)c1cc(N)ccc1F. The molecule has 0 saturated heterocycles. The van der Waals surface area contributed by atoms with E-state index in [0.717, 1.165) is 12.1 Å². The molecular formula is C9H12FN3O3S. The van der Waals surface area contributed by atoms with Crippen molar-refractivity contribution in [2.75, 3.05) is 12.3 Å². The number of rotatable bonds is 3. The standard InChI is InChI=1S/C9H12FN3O3S/c1-2-12-9(14)13-17(15,16)8-5-6(11)3-4-7(8)10/h3-5H,2,11H2,1H3,(H2,12,13,14). The number of nitrogen functional groups attached to an aromatic ring is 1. The molecule has 8 heteroatoms. The third-order valence-electron chi connectivity index (χ3n) is 1.81. The first kappa shape index (κ1) is 13.2. The summed E-state index contributed by atoms with van der Waals surface area (Å²) in [5.41, 5.74) is 5.44. The molecule has 0 atom stereocenters. The van der Waals surface area contributed by atoms with E-state index in [1.54, 1.807) is 11.6 Å². The van der Waals surface area contributed by atoms with Crippen molar-refractivity contribution in [2.24, 2.45) is 0 Å². The van der Waals surface area contributed by atoms with Gasteiger partial charge in [-0.05, 0) is 25.1 Å². The maximum atomic E-state index is 13.3. The average Bonchev–Trinajstić information content (AvgIpc) is 2.21. The molecule has 17 heavy (non-hydrogen) atoms. The lowest BCUT2D eigenvalue weighted by atomic mass is 10.3. The van der Waals surface area contributed by atoms with Crippen molar-refractivity contribution in [1.29, 1.82) is 0 Å². The number of urea groups is 1. The second-order valence-electron chi connectivity index (χ2n) is 3.15. The Hall–Kier alpha value is -1.83. The van der Waals surface area contributed by atoms with E-state index in [1.807, 2.05) is 0 Å². The van der Waals surface area contributed by atoms with E-state index in [-0.39, 0.29) is 12.2 Å². The van der Waals surface area contributed by atoms with Gasteiger partial charge >= 0.3 is 6.03 Å². The van der Waals surface area contributed by atoms with Crippen molar-refractivity contribution >= 4 is 21.7 Å². The predicted octanol–water partition coefficient (Wildman–Crippen LogP) is 0.416. The fourth-order valence-corrected chi connectivity index (χ4v) is 2.14. The number of halogens is 1. The average molecular weight is 261 g/mol. The molecule has 0 radical (unpaired) electrons. The molecule has 1 aromatic rings. The van der Waals surface area contributed by atoms with E-state index < -0.39 is 26.8 Å². The Bertz CT molecular complexity index is 530. The van der Waals surface area contributed by atoms with Gasteiger partial charge in [0.15, 0.2) is 0 Å². The van der Waals surface area contributed by atoms with Crippen LogP contribution in [0.3, 0.4) is 0 Å². The van der Waals surface area contributed by atoms with Crippen LogP contribution in [0.1, 0.15) is 6.92 Å². The maximum Gasteiger partial charge on any atom is 0.328 e. The molecule has 4 N–H and O–H groups in total. The lowest BCUT2D eigenvalue weighted by Gasteiger charge is -2.08. The highest BCUT2D eigenvalue weighted by Crippen LogP contribution is 2.17. The van der Waals surface area contributed by atoms with Crippen LogP contribution in [0.25, 0.3) is 0 Å². The molecule has 2 amide bonds. The Morgan fingerprint density at radius 2 is 2.12 bits per heavy atom.